The molecule has 0 aromatic carbocycles. The van der Waals surface area contributed by atoms with Crippen LogP contribution in [-0.4, -0.2) is 48.6 Å². The van der Waals surface area contributed by atoms with Gasteiger partial charge in [0.25, 0.3) is 0 Å². The third kappa shape index (κ3) is 4.27. The first-order valence-electron chi connectivity index (χ1n) is 6.65. The molecule has 1 aliphatic rings. The summed E-state index contributed by atoms with van der Waals surface area (Å²) in [6.45, 7) is 10.7. The molecule has 2 unspecified atom stereocenters. The summed E-state index contributed by atoms with van der Waals surface area (Å²) in [5, 5.41) is 3.69. The lowest BCUT2D eigenvalue weighted by Gasteiger charge is -2.41. The molecule has 96 valence electrons. The zero-order valence-corrected chi connectivity index (χ0v) is 12.1. The average molecular weight is 244 g/mol. The lowest BCUT2D eigenvalue weighted by molar-refractivity contribution is 0.111. The maximum Gasteiger partial charge on any atom is 0.0218 e. The van der Waals surface area contributed by atoms with Crippen LogP contribution in [0.15, 0.2) is 0 Å². The molecule has 1 aliphatic heterocycles. The Balaban J connectivity index is 2.40. The van der Waals surface area contributed by atoms with Crippen molar-refractivity contribution in [3.63, 3.8) is 0 Å². The van der Waals surface area contributed by atoms with Gasteiger partial charge in [-0.05, 0) is 37.3 Å². The zero-order valence-electron chi connectivity index (χ0n) is 11.3. The Labute approximate surface area is 106 Å². The number of piperazine rings is 1. The van der Waals surface area contributed by atoms with Crippen molar-refractivity contribution < 1.29 is 0 Å². The van der Waals surface area contributed by atoms with Gasteiger partial charge in [-0.1, -0.05) is 20.8 Å². The first-order chi connectivity index (χ1) is 7.69. The molecular weight excluding hydrogens is 216 g/mol. The molecule has 1 N–H and O–H groups in total. The second-order valence-corrected chi connectivity index (χ2v) is 6.15. The highest BCUT2D eigenvalue weighted by Crippen LogP contribution is 2.15. The highest BCUT2D eigenvalue weighted by Gasteiger charge is 2.27. The average Bonchev–Trinajstić information content (AvgIpc) is 2.29. The molecule has 2 nitrogen and oxygen atoms in total. The summed E-state index contributed by atoms with van der Waals surface area (Å²) in [7, 11) is 0. The predicted molar refractivity (Wildman–Crippen MR) is 75.3 cm³/mol. The van der Waals surface area contributed by atoms with Crippen LogP contribution in [-0.2, 0) is 0 Å². The van der Waals surface area contributed by atoms with Gasteiger partial charge < -0.3 is 5.32 Å². The van der Waals surface area contributed by atoms with Crippen molar-refractivity contribution in [1.29, 1.82) is 0 Å². The fourth-order valence-corrected chi connectivity index (χ4v) is 2.84. The van der Waals surface area contributed by atoms with Gasteiger partial charge >= 0.3 is 0 Å². The Morgan fingerprint density at radius 2 is 2.19 bits per heavy atom. The minimum absolute atomic E-state index is 0.692. The van der Waals surface area contributed by atoms with E-state index >= 15 is 0 Å². The van der Waals surface area contributed by atoms with Crippen molar-refractivity contribution >= 4 is 11.8 Å². The van der Waals surface area contributed by atoms with Gasteiger partial charge in [-0.25, -0.2) is 0 Å². The lowest BCUT2D eigenvalue weighted by Crippen LogP contribution is -2.58. The number of thioether (sulfide) groups is 1. The Morgan fingerprint density at radius 3 is 2.75 bits per heavy atom. The molecule has 0 saturated carbocycles. The molecule has 0 aliphatic carbocycles. The third-order valence-electron chi connectivity index (χ3n) is 3.63. The zero-order chi connectivity index (χ0) is 12.0. The van der Waals surface area contributed by atoms with Crippen LogP contribution in [0.25, 0.3) is 0 Å². The molecule has 1 fully saturated rings. The fourth-order valence-electron chi connectivity index (χ4n) is 2.42. The van der Waals surface area contributed by atoms with E-state index < -0.39 is 0 Å². The van der Waals surface area contributed by atoms with Gasteiger partial charge in [0, 0.05) is 25.2 Å². The number of rotatable bonds is 6. The van der Waals surface area contributed by atoms with Crippen LogP contribution in [0.5, 0.6) is 0 Å². The molecule has 0 spiro atoms. The van der Waals surface area contributed by atoms with Gasteiger partial charge in [0.15, 0.2) is 0 Å². The van der Waals surface area contributed by atoms with Gasteiger partial charge in [0.05, 0.1) is 0 Å². The summed E-state index contributed by atoms with van der Waals surface area (Å²) < 4.78 is 0. The fraction of sp³-hybridized carbons (Fsp3) is 1.00. The molecule has 0 aromatic heterocycles. The van der Waals surface area contributed by atoms with E-state index in [0.717, 1.165) is 12.0 Å². The molecule has 1 rings (SSSR count). The van der Waals surface area contributed by atoms with Crippen molar-refractivity contribution in [1.82, 2.24) is 10.2 Å². The molecule has 1 heterocycles. The van der Waals surface area contributed by atoms with E-state index in [1.54, 1.807) is 0 Å². The Hall–Kier alpha value is 0.270. The quantitative estimate of drug-likeness (QED) is 0.723. The van der Waals surface area contributed by atoms with Crippen molar-refractivity contribution in [2.24, 2.45) is 5.92 Å². The maximum atomic E-state index is 3.69. The largest absolute Gasteiger partial charge is 0.311 e. The Kier molecular flexibility index (Phi) is 6.78. The molecule has 3 heteroatoms. The molecule has 2 atom stereocenters. The van der Waals surface area contributed by atoms with Crippen molar-refractivity contribution in [3.05, 3.63) is 0 Å². The number of hydrogen-bond donors (Lipinski definition) is 1. The highest BCUT2D eigenvalue weighted by molar-refractivity contribution is 7.98. The van der Waals surface area contributed by atoms with E-state index in [-0.39, 0.29) is 0 Å². The molecule has 0 bridgehead atoms. The van der Waals surface area contributed by atoms with Crippen LogP contribution >= 0.6 is 11.8 Å². The van der Waals surface area contributed by atoms with Gasteiger partial charge in [-0.3, -0.25) is 4.90 Å². The topological polar surface area (TPSA) is 15.3 Å². The van der Waals surface area contributed by atoms with Gasteiger partial charge in [0.1, 0.15) is 0 Å². The smallest absolute Gasteiger partial charge is 0.0218 e. The molecule has 0 amide bonds. The monoisotopic (exact) mass is 244 g/mol. The van der Waals surface area contributed by atoms with E-state index in [9.17, 15) is 0 Å². The molecule has 0 aromatic rings. The molecule has 0 radical (unpaired) electrons. The maximum absolute atomic E-state index is 3.69. The second-order valence-electron chi connectivity index (χ2n) is 5.16. The Bertz CT molecular complexity index is 185. The summed E-state index contributed by atoms with van der Waals surface area (Å²) >= 11 is 1.96. The lowest BCUT2D eigenvalue weighted by atomic mass is 9.98. The number of nitrogens with one attached hydrogen (secondary N) is 1. The summed E-state index contributed by atoms with van der Waals surface area (Å²) in [4.78, 5) is 2.71. The van der Waals surface area contributed by atoms with E-state index in [0.29, 0.717) is 6.04 Å². The first-order valence-corrected chi connectivity index (χ1v) is 8.04. The van der Waals surface area contributed by atoms with E-state index in [2.05, 4.69) is 37.2 Å². The summed E-state index contributed by atoms with van der Waals surface area (Å²) in [5.74, 6) is 2.05. The van der Waals surface area contributed by atoms with Gasteiger partial charge in [-0.15, -0.1) is 0 Å². The number of nitrogens with zero attached hydrogens (tertiary/aromatic N) is 1. The van der Waals surface area contributed by atoms with Crippen LogP contribution in [0.1, 0.15) is 33.6 Å². The first kappa shape index (κ1) is 14.3. The van der Waals surface area contributed by atoms with Gasteiger partial charge in [-0.2, -0.15) is 11.8 Å². The van der Waals surface area contributed by atoms with Crippen LogP contribution < -0.4 is 5.32 Å². The van der Waals surface area contributed by atoms with Gasteiger partial charge in [0.2, 0.25) is 0 Å². The van der Waals surface area contributed by atoms with Crippen molar-refractivity contribution in [2.75, 3.05) is 31.6 Å². The van der Waals surface area contributed by atoms with Crippen LogP contribution in [0, 0.1) is 5.92 Å². The Morgan fingerprint density at radius 1 is 1.44 bits per heavy atom. The van der Waals surface area contributed by atoms with Crippen molar-refractivity contribution in [3.8, 4) is 0 Å². The second kappa shape index (κ2) is 7.57. The molecule has 1 saturated heterocycles. The SMILES string of the molecule is CCC1CNC(C(C)C)CN1CCCSC. The minimum Gasteiger partial charge on any atom is -0.311 e. The predicted octanol–water partition coefficient (Wildman–Crippen LogP) is 2.45. The van der Waals surface area contributed by atoms with Crippen LogP contribution in [0.3, 0.4) is 0 Å². The van der Waals surface area contributed by atoms with E-state index in [1.807, 2.05) is 11.8 Å². The van der Waals surface area contributed by atoms with E-state index in [1.165, 1.54) is 38.2 Å². The normalized spacial score (nSPS) is 27.6. The minimum atomic E-state index is 0.692. The summed E-state index contributed by atoms with van der Waals surface area (Å²) in [6.07, 6.45) is 4.81. The number of hydrogen-bond acceptors (Lipinski definition) is 3. The third-order valence-corrected chi connectivity index (χ3v) is 4.33. The van der Waals surface area contributed by atoms with Crippen molar-refractivity contribution in [2.45, 2.75) is 45.7 Å². The van der Waals surface area contributed by atoms with Crippen LogP contribution in [0.4, 0.5) is 0 Å². The standard InChI is InChI=1S/C13H28N2S/c1-5-12-9-14-13(11(2)3)10-15(12)7-6-8-16-4/h11-14H,5-10H2,1-4H3. The van der Waals surface area contributed by atoms with Crippen LogP contribution in [0.2, 0.25) is 0 Å². The molecule has 16 heavy (non-hydrogen) atoms. The highest BCUT2D eigenvalue weighted by atomic mass is 32.2. The summed E-state index contributed by atoms with van der Waals surface area (Å²) in [5.41, 5.74) is 0. The van der Waals surface area contributed by atoms with E-state index in [4.69, 9.17) is 0 Å². The molecular formula is C13H28N2S. The summed E-state index contributed by atoms with van der Waals surface area (Å²) in [6, 6.07) is 1.45.